The average molecular weight is 300 g/mol. The van der Waals surface area contributed by atoms with E-state index in [1.807, 2.05) is 0 Å². The van der Waals surface area contributed by atoms with Crippen LogP contribution in [-0.4, -0.2) is 16.4 Å². The second-order valence-corrected chi connectivity index (χ2v) is 6.15. The fourth-order valence-corrected chi connectivity index (χ4v) is 3.94. The summed E-state index contributed by atoms with van der Waals surface area (Å²) in [6.45, 7) is 0. The van der Waals surface area contributed by atoms with E-state index in [0.717, 1.165) is 31.7 Å². The molecule has 1 aromatic rings. The Kier molecular flexibility index (Phi) is 3.32. The number of ether oxygens (including phenoxy) is 1. The average Bonchev–Trinajstić information content (AvgIpc) is 2.92. The van der Waals surface area contributed by atoms with Crippen molar-refractivity contribution in [1.82, 2.24) is 0 Å². The largest absolute Gasteiger partial charge is 0.483 e. The normalized spacial score (nSPS) is 27.3. The number of halogens is 2. The third-order valence-corrected chi connectivity index (χ3v) is 5.22. The highest BCUT2D eigenvalue weighted by molar-refractivity contribution is 6.21. The van der Waals surface area contributed by atoms with Crippen LogP contribution in [0, 0.1) is 21.3 Å². The van der Waals surface area contributed by atoms with E-state index < -0.39 is 10.7 Å². The fourth-order valence-electron chi connectivity index (χ4n) is 3.42. The lowest BCUT2D eigenvalue weighted by atomic mass is 9.64. The van der Waals surface area contributed by atoms with E-state index in [0.29, 0.717) is 6.42 Å². The number of nitro groups is 1. The third kappa shape index (κ3) is 2.04. The van der Waals surface area contributed by atoms with Gasteiger partial charge < -0.3 is 4.74 Å². The zero-order valence-electron chi connectivity index (χ0n) is 10.9. The van der Waals surface area contributed by atoms with Crippen molar-refractivity contribution in [3.63, 3.8) is 0 Å². The molecule has 2 saturated carbocycles. The molecule has 4 nitrogen and oxygen atoms in total. The molecule has 2 aliphatic carbocycles. The van der Waals surface area contributed by atoms with Crippen molar-refractivity contribution < 1.29 is 14.1 Å². The van der Waals surface area contributed by atoms with Gasteiger partial charge in [-0.05, 0) is 25.0 Å². The van der Waals surface area contributed by atoms with Gasteiger partial charge in [-0.3, -0.25) is 10.1 Å². The molecule has 0 amide bonds. The Balaban J connectivity index is 1.84. The van der Waals surface area contributed by atoms with Crippen LogP contribution in [0.2, 0.25) is 0 Å². The van der Waals surface area contributed by atoms with Crippen LogP contribution in [0.3, 0.4) is 0 Å². The van der Waals surface area contributed by atoms with E-state index in [2.05, 4.69) is 0 Å². The number of hydrogen-bond acceptors (Lipinski definition) is 3. The Morgan fingerprint density at radius 2 is 2.10 bits per heavy atom. The predicted octanol–water partition coefficient (Wildman–Crippen LogP) is 4.05. The Bertz CT molecular complexity index is 545. The maximum absolute atomic E-state index is 13.1. The van der Waals surface area contributed by atoms with Gasteiger partial charge in [0, 0.05) is 17.2 Å². The molecule has 0 bridgehead atoms. The van der Waals surface area contributed by atoms with Crippen molar-refractivity contribution in [2.24, 2.45) is 5.41 Å². The first kappa shape index (κ1) is 13.6. The number of nitrogens with zero attached hydrogens (tertiary/aromatic N) is 1. The number of alkyl halides is 1. The first-order valence-corrected chi connectivity index (χ1v) is 7.21. The molecule has 0 N–H and O–H groups in total. The van der Waals surface area contributed by atoms with E-state index in [9.17, 15) is 14.5 Å². The maximum Gasteiger partial charge on any atom is 0.313 e. The molecule has 0 saturated heterocycles. The molecule has 2 aliphatic rings. The summed E-state index contributed by atoms with van der Waals surface area (Å²) in [7, 11) is 0. The van der Waals surface area contributed by atoms with Gasteiger partial charge in [-0.1, -0.05) is 12.8 Å². The van der Waals surface area contributed by atoms with Crippen LogP contribution in [-0.2, 0) is 0 Å². The Labute approximate surface area is 121 Å². The molecule has 1 aromatic carbocycles. The van der Waals surface area contributed by atoms with Crippen LogP contribution in [0.4, 0.5) is 10.1 Å². The van der Waals surface area contributed by atoms with Crippen molar-refractivity contribution in [1.29, 1.82) is 0 Å². The zero-order chi connectivity index (χ0) is 14.3. The molecule has 2 unspecified atom stereocenters. The Morgan fingerprint density at radius 1 is 1.40 bits per heavy atom. The van der Waals surface area contributed by atoms with Gasteiger partial charge in [0.05, 0.1) is 11.0 Å². The summed E-state index contributed by atoms with van der Waals surface area (Å²) in [6, 6.07) is 3.41. The maximum atomic E-state index is 13.1. The molecule has 1 spiro atoms. The smallest absolute Gasteiger partial charge is 0.313 e. The molecule has 3 rings (SSSR count). The van der Waals surface area contributed by atoms with Crippen molar-refractivity contribution in [2.75, 3.05) is 0 Å². The first-order chi connectivity index (χ1) is 9.53. The first-order valence-electron chi connectivity index (χ1n) is 6.77. The summed E-state index contributed by atoms with van der Waals surface area (Å²) < 4.78 is 18.9. The van der Waals surface area contributed by atoms with E-state index >= 15 is 0 Å². The lowest BCUT2D eigenvalue weighted by molar-refractivity contribution is -0.386. The summed E-state index contributed by atoms with van der Waals surface area (Å²) >= 11 is 6.33. The number of nitro benzene ring substituents is 1. The highest BCUT2D eigenvalue weighted by atomic mass is 35.5. The minimum Gasteiger partial charge on any atom is -0.483 e. The van der Waals surface area contributed by atoms with Crippen LogP contribution >= 0.6 is 11.6 Å². The molecule has 0 aliphatic heterocycles. The van der Waals surface area contributed by atoms with E-state index in [1.165, 1.54) is 12.1 Å². The fraction of sp³-hybridized carbons (Fsp3) is 0.571. The second-order valence-electron chi connectivity index (χ2n) is 5.62. The van der Waals surface area contributed by atoms with Gasteiger partial charge in [-0.15, -0.1) is 11.6 Å². The van der Waals surface area contributed by atoms with Gasteiger partial charge in [-0.25, -0.2) is 4.39 Å². The van der Waals surface area contributed by atoms with Gasteiger partial charge in [0.2, 0.25) is 0 Å². The lowest BCUT2D eigenvalue weighted by Crippen LogP contribution is -2.55. The van der Waals surface area contributed by atoms with Gasteiger partial charge in [0.25, 0.3) is 0 Å². The molecule has 6 heteroatoms. The molecule has 0 aromatic heterocycles. The third-order valence-electron chi connectivity index (χ3n) is 4.61. The van der Waals surface area contributed by atoms with E-state index in [-0.39, 0.29) is 28.3 Å². The molecule has 108 valence electrons. The Hall–Kier alpha value is -1.36. The second kappa shape index (κ2) is 4.88. The number of benzene rings is 1. The van der Waals surface area contributed by atoms with Gasteiger partial charge in [-0.2, -0.15) is 0 Å². The summed E-state index contributed by atoms with van der Waals surface area (Å²) in [4.78, 5) is 10.4. The van der Waals surface area contributed by atoms with Gasteiger partial charge >= 0.3 is 5.69 Å². The highest BCUT2D eigenvalue weighted by Crippen LogP contribution is 2.57. The van der Waals surface area contributed by atoms with Crippen molar-refractivity contribution in [3.8, 4) is 5.75 Å². The van der Waals surface area contributed by atoms with Gasteiger partial charge in [0.15, 0.2) is 5.75 Å². The molecule has 0 heterocycles. The molecule has 20 heavy (non-hydrogen) atoms. The quantitative estimate of drug-likeness (QED) is 0.480. The van der Waals surface area contributed by atoms with Crippen molar-refractivity contribution in [2.45, 2.75) is 43.6 Å². The molecule has 0 radical (unpaired) electrons. The molecule has 2 fully saturated rings. The SMILES string of the molecule is O=[N+]([O-])c1cc(F)ccc1OC1CC(Cl)C12CCCC2. The van der Waals surface area contributed by atoms with Crippen LogP contribution in [0.15, 0.2) is 18.2 Å². The van der Waals surface area contributed by atoms with Crippen LogP contribution in [0.5, 0.6) is 5.75 Å². The number of hydrogen-bond donors (Lipinski definition) is 0. The number of rotatable bonds is 3. The van der Waals surface area contributed by atoms with Crippen LogP contribution in [0.1, 0.15) is 32.1 Å². The Morgan fingerprint density at radius 3 is 2.70 bits per heavy atom. The van der Waals surface area contributed by atoms with Crippen LogP contribution in [0.25, 0.3) is 0 Å². The topological polar surface area (TPSA) is 52.4 Å². The molecule has 2 atom stereocenters. The minimum absolute atomic E-state index is 0.0518. The standard InChI is InChI=1S/C14H15ClFNO3/c15-12-8-13(14(12)5-1-2-6-14)20-11-4-3-9(16)7-10(11)17(18)19/h3-4,7,12-13H,1-2,5-6,8H2. The molecular formula is C14H15ClFNO3. The summed E-state index contributed by atoms with van der Waals surface area (Å²) in [5.41, 5.74) is -0.375. The van der Waals surface area contributed by atoms with Crippen molar-refractivity contribution >= 4 is 17.3 Å². The summed E-state index contributed by atoms with van der Waals surface area (Å²) in [5, 5.41) is 11.0. The predicted molar refractivity (Wildman–Crippen MR) is 72.6 cm³/mol. The lowest BCUT2D eigenvalue weighted by Gasteiger charge is -2.50. The summed E-state index contributed by atoms with van der Waals surface area (Å²) in [5.74, 6) is -0.500. The molecular weight excluding hydrogens is 285 g/mol. The van der Waals surface area contributed by atoms with E-state index in [1.54, 1.807) is 0 Å². The minimum atomic E-state index is -0.636. The zero-order valence-corrected chi connectivity index (χ0v) is 11.6. The van der Waals surface area contributed by atoms with Crippen LogP contribution < -0.4 is 4.74 Å². The summed E-state index contributed by atoms with van der Waals surface area (Å²) in [6.07, 6.45) is 4.83. The van der Waals surface area contributed by atoms with Crippen molar-refractivity contribution in [3.05, 3.63) is 34.1 Å². The monoisotopic (exact) mass is 299 g/mol. The van der Waals surface area contributed by atoms with E-state index in [4.69, 9.17) is 16.3 Å². The highest BCUT2D eigenvalue weighted by Gasteiger charge is 2.57. The van der Waals surface area contributed by atoms with Gasteiger partial charge in [0.1, 0.15) is 11.9 Å².